The van der Waals surface area contributed by atoms with Crippen molar-refractivity contribution in [1.29, 1.82) is 0 Å². The van der Waals surface area contributed by atoms with Gasteiger partial charge in [0, 0.05) is 18.0 Å². The van der Waals surface area contributed by atoms with Gasteiger partial charge in [0.05, 0.1) is 10.2 Å². The maximum atomic E-state index is 4.52. The lowest BCUT2D eigenvalue weighted by Crippen LogP contribution is -1.79. The summed E-state index contributed by atoms with van der Waals surface area (Å²) in [5.41, 5.74) is 2.00. The number of hydrogen-bond acceptors (Lipinski definition) is 4. The van der Waals surface area contributed by atoms with E-state index in [0.717, 1.165) is 16.1 Å². The molecule has 72 valence electrons. The first-order valence-corrected chi connectivity index (χ1v) is 5.36. The van der Waals surface area contributed by atoms with Crippen LogP contribution in [-0.2, 0) is 0 Å². The summed E-state index contributed by atoms with van der Waals surface area (Å²) in [5.74, 6) is 0. The van der Waals surface area contributed by atoms with Crippen LogP contribution in [0.1, 0.15) is 0 Å². The second-order valence-electron chi connectivity index (χ2n) is 3.11. The molecule has 3 nitrogen and oxygen atoms in total. The molecule has 0 amide bonds. The van der Waals surface area contributed by atoms with Gasteiger partial charge in [0.1, 0.15) is 11.3 Å². The van der Waals surface area contributed by atoms with Crippen molar-refractivity contribution in [3.63, 3.8) is 0 Å². The Kier molecular flexibility index (Phi) is 1.93. The Morgan fingerprint density at radius 1 is 1.00 bits per heavy atom. The molecule has 0 spiro atoms. The van der Waals surface area contributed by atoms with Crippen LogP contribution in [0.2, 0.25) is 0 Å². The van der Waals surface area contributed by atoms with Gasteiger partial charge in [0.15, 0.2) is 0 Å². The zero-order valence-corrected chi connectivity index (χ0v) is 8.61. The molecule has 1 aromatic carbocycles. The van der Waals surface area contributed by atoms with E-state index in [2.05, 4.69) is 21.0 Å². The maximum Gasteiger partial charge on any atom is 0.127 e. The van der Waals surface area contributed by atoms with Crippen molar-refractivity contribution in [1.82, 2.24) is 15.0 Å². The van der Waals surface area contributed by atoms with Crippen molar-refractivity contribution in [3.05, 3.63) is 43.0 Å². The third kappa shape index (κ3) is 1.49. The van der Waals surface area contributed by atoms with Crippen LogP contribution >= 0.6 is 11.3 Å². The number of hydrogen-bond donors (Lipinski definition) is 0. The molecular formula is C11H7N3S. The summed E-state index contributed by atoms with van der Waals surface area (Å²) in [7, 11) is 0. The van der Waals surface area contributed by atoms with Gasteiger partial charge >= 0.3 is 0 Å². The van der Waals surface area contributed by atoms with Gasteiger partial charge in [0.2, 0.25) is 0 Å². The minimum atomic E-state index is 0.969. The van der Waals surface area contributed by atoms with Crippen molar-refractivity contribution in [2.45, 2.75) is 0 Å². The highest BCUT2D eigenvalue weighted by atomic mass is 32.1. The van der Waals surface area contributed by atoms with Gasteiger partial charge in [-0.15, -0.1) is 11.3 Å². The fourth-order valence-electron chi connectivity index (χ4n) is 1.41. The van der Waals surface area contributed by atoms with Gasteiger partial charge in [0.25, 0.3) is 0 Å². The molecule has 0 atom stereocenters. The molecule has 0 bridgehead atoms. The topological polar surface area (TPSA) is 38.7 Å². The first kappa shape index (κ1) is 8.49. The number of thiazole rings is 1. The molecule has 3 aromatic rings. The molecule has 0 radical (unpaired) electrons. The van der Waals surface area contributed by atoms with E-state index in [1.807, 2.05) is 18.2 Å². The predicted molar refractivity (Wildman–Crippen MR) is 60.6 cm³/mol. The van der Waals surface area contributed by atoms with Crippen LogP contribution in [0.3, 0.4) is 0 Å². The summed E-state index contributed by atoms with van der Waals surface area (Å²) in [6.45, 7) is 0. The second kappa shape index (κ2) is 3.40. The monoisotopic (exact) mass is 213 g/mol. The Bertz CT molecular complexity index is 556. The summed E-state index contributed by atoms with van der Waals surface area (Å²) in [5, 5.41) is 0.969. The van der Waals surface area contributed by atoms with Crippen LogP contribution in [0.5, 0.6) is 0 Å². The molecule has 0 N–H and O–H groups in total. The number of nitrogens with zero attached hydrogens (tertiary/aromatic N) is 3. The quantitative estimate of drug-likeness (QED) is 0.624. The normalized spacial score (nSPS) is 10.7. The Balaban J connectivity index is 2.21. The van der Waals surface area contributed by atoms with E-state index < -0.39 is 0 Å². The molecule has 0 fully saturated rings. The van der Waals surface area contributed by atoms with E-state index in [1.165, 1.54) is 11.0 Å². The van der Waals surface area contributed by atoms with E-state index in [9.17, 15) is 0 Å². The van der Waals surface area contributed by atoms with Crippen molar-refractivity contribution in [2.24, 2.45) is 0 Å². The van der Waals surface area contributed by atoms with E-state index in [-0.39, 0.29) is 0 Å². The van der Waals surface area contributed by atoms with Crippen molar-refractivity contribution >= 4 is 21.6 Å². The molecule has 0 saturated carbocycles. The SMILES string of the molecule is c1ccc2sc(-c3cncnc3)nc2c1. The van der Waals surface area contributed by atoms with Crippen LogP contribution in [0.15, 0.2) is 43.0 Å². The second-order valence-corrected chi connectivity index (χ2v) is 4.14. The summed E-state index contributed by atoms with van der Waals surface area (Å²) < 4.78 is 1.19. The Morgan fingerprint density at radius 3 is 2.60 bits per heavy atom. The lowest BCUT2D eigenvalue weighted by atomic mass is 10.3. The number of fused-ring (bicyclic) bond motifs is 1. The smallest absolute Gasteiger partial charge is 0.127 e. The molecule has 3 rings (SSSR count). The standard InChI is InChI=1S/C11H7N3S/c1-2-4-10-9(3-1)14-11(15-10)8-5-12-7-13-6-8/h1-7H. The zero-order valence-electron chi connectivity index (χ0n) is 7.79. The summed E-state index contributed by atoms with van der Waals surface area (Å²) in [4.78, 5) is 12.5. The minimum Gasteiger partial charge on any atom is -0.244 e. The third-order valence-corrected chi connectivity index (χ3v) is 3.19. The van der Waals surface area contributed by atoms with Crippen LogP contribution in [0.25, 0.3) is 20.8 Å². The Hall–Kier alpha value is -1.81. The molecule has 0 saturated heterocycles. The van der Waals surface area contributed by atoms with Crippen LogP contribution in [-0.4, -0.2) is 15.0 Å². The fourth-order valence-corrected chi connectivity index (χ4v) is 2.35. The van der Waals surface area contributed by atoms with E-state index in [4.69, 9.17) is 0 Å². The van der Waals surface area contributed by atoms with E-state index >= 15 is 0 Å². The molecule has 0 aliphatic carbocycles. The van der Waals surface area contributed by atoms with Crippen LogP contribution in [0, 0.1) is 0 Å². The molecule has 0 unspecified atom stereocenters. The molecular weight excluding hydrogens is 206 g/mol. The number of para-hydroxylation sites is 1. The molecule has 4 heteroatoms. The van der Waals surface area contributed by atoms with Gasteiger partial charge < -0.3 is 0 Å². The summed E-state index contributed by atoms with van der Waals surface area (Å²) in [6, 6.07) is 8.10. The minimum absolute atomic E-state index is 0.969. The highest BCUT2D eigenvalue weighted by Crippen LogP contribution is 2.28. The van der Waals surface area contributed by atoms with Gasteiger partial charge in [-0.25, -0.2) is 15.0 Å². The third-order valence-electron chi connectivity index (χ3n) is 2.10. The first-order valence-electron chi connectivity index (χ1n) is 4.54. The number of rotatable bonds is 1. The average molecular weight is 213 g/mol. The van der Waals surface area contributed by atoms with Crippen molar-refractivity contribution in [3.8, 4) is 10.6 Å². The van der Waals surface area contributed by atoms with E-state index in [0.29, 0.717) is 0 Å². The van der Waals surface area contributed by atoms with Gasteiger partial charge in [-0.1, -0.05) is 12.1 Å². The highest BCUT2D eigenvalue weighted by Gasteiger charge is 2.05. The van der Waals surface area contributed by atoms with E-state index in [1.54, 1.807) is 23.7 Å². The molecule has 2 aromatic heterocycles. The molecule has 0 aliphatic rings. The average Bonchev–Trinajstić information content (AvgIpc) is 2.74. The number of aromatic nitrogens is 3. The first-order chi connectivity index (χ1) is 7.43. The lowest BCUT2D eigenvalue weighted by Gasteiger charge is -1.90. The Labute approximate surface area is 90.5 Å². The lowest BCUT2D eigenvalue weighted by molar-refractivity contribution is 1.17. The van der Waals surface area contributed by atoms with Gasteiger partial charge in [-0.3, -0.25) is 0 Å². The molecule has 0 aliphatic heterocycles. The van der Waals surface area contributed by atoms with Crippen LogP contribution < -0.4 is 0 Å². The summed E-state index contributed by atoms with van der Waals surface area (Å²) >= 11 is 1.66. The molecule has 2 heterocycles. The van der Waals surface area contributed by atoms with Crippen LogP contribution in [0.4, 0.5) is 0 Å². The predicted octanol–water partition coefficient (Wildman–Crippen LogP) is 2.75. The van der Waals surface area contributed by atoms with Gasteiger partial charge in [-0.2, -0.15) is 0 Å². The Morgan fingerprint density at radius 2 is 1.80 bits per heavy atom. The van der Waals surface area contributed by atoms with Gasteiger partial charge in [-0.05, 0) is 12.1 Å². The largest absolute Gasteiger partial charge is 0.244 e. The molecule has 15 heavy (non-hydrogen) atoms. The highest BCUT2D eigenvalue weighted by molar-refractivity contribution is 7.21. The number of benzene rings is 1. The van der Waals surface area contributed by atoms with Crippen molar-refractivity contribution in [2.75, 3.05) is 0 Å². The summed E-state index contributed by atoms with van der Waals surface area (Å²) in [6.07, 6.45) is 5.09. The zero-order chi connectivity index (χ0) is 10.1. The van der Waals surface area contributed by atoms with Crippen molar-refractivity contribution < 1.29 is 0 Å². The fraction of sp³-hybridized carbons (Fsp3) is 0. The maximum absolute atomic E-state index is 4.52.